The highest BCUT2D eigenvalue weighted by Gasteiger charge is 2.32. The third-order valence-electron chi connectivity index (χ3n) is 10.1. The summed E-state index contributed by atoms with van der Waals surface area (Å²) in [4.78, 5) is 0. The van der Waals surface area contributed by atoms with Gasteiger partial charge in [0.15, 0.2) is 0 Å². The molecule has 0 aliphatic heterocycles. The molecule has 4 heteroatoms. The van der Waals surface area contributed by atoms with Gasteiger partial charge in [-0.25, -0.2) is 0 Å². The summed E-state index contributed by atoms with van der Waals surface area (Å²) in [5, 5.41) is 23.5. The van der Waals surface area contributed by atoms with E-state index in [1.54, 1.807) is 0 Å². The second-order valence-electron chi connectivity index (χ2n) is 15.3. The van der Waals surface area contributed by atoms with Gasteiger partial charge in [0.25, 0.3) is 0 Å². The number of aryl methyl sites for hydroxylation is 5. The van der Waals surface area contributed by atoms with Crippen LogP contribution in [0.5, 0.6) is 23.0 Å². The van der Waals surface area contributed by atoms with Gasteiger partial charge in [0.05, 0.1) is 13.2 Å². The van der Waals surface area contributed by atoms with Crippen molar-refractivity contribution in [2.75, 3.05) is 13.2 Å². The van der Waals surface area contributed by atoms with E-state index in [9.17, 15) is 10.2 Å². The first-order valence-corrected chi connectivity index (χ1v) is 18.3. The van der Waals surface area contributed by atoms with E-state index in [0.29, 0.717) is 25.4 Å². The van der Waals surface area contributed by atoms with E-state index in [0.717, 1.165) is 73.4 Å². The first kappa shape index (κ1) is 36.6. The third kappa shape index (κ3) is 7.39. The number of allylic oxidation sites excluding steroid dienone is 4. The Morgan fingerprint density at radius 3 is 1.52 bits per heavy atom. The maximum Gasteiger partial charge on any atom is 0.131 e. The smallest absolute Gasteiger partial charge is 0.131 e. The maximum absolute atomic E-state index is 11.8. The van der Waals surface area contributed by atoms with Crippen molar-refractivity contribution < 1.29 is 19.7 Å². The summed E-state index contributed by atoms with van der Waals surface area (Å²) in [6.45, 7) is 20.2. The van der Waals surface area contributed by atoms with E-state index in [2.05, 4.69) is 92.7 Å². The minimum atomic E-state index is -0.0976. The van der Waals surface area contributed by atoms with Crippen LogP contribution < -0.4 is 9.47 Å². The number of benzene rings is 5. The van der Waals surface area contributed by atoms with Gasteiger partial charge in [0.1, 0.15) is 23.0 Å². The van der Waals surface area contributed by atoms with E-state index in [1.165, 1.54) is 22.3 Å². The molecule has 0 fully saturated rings. The Morgan fingerprint density at radius 1 is 0.558 bits per heavy atom. The summed E-state index contributed by atoms with van der Waals surface area (Å²) >= 11 is 0. The number of phenols is 2. The molecule has 268 valence electrons. The molecule has 0 unspecified atom stereocenters. The van der Waals surface area contributed by atoms with Gasteiger partial charge in [0, 0.05) is 39.8 Å². The Hall–Kier alpha value is -5.22. The highest BCUT2D eigenvalue weighted by Crippen LogP contribution is 2.51. The second-order valence-corrected chi connectivity index (χ2v) is 15.3. The normalized spacial score (nSPS) is 14.0. The predicted octanol–water partition coefficient (Wildman–Crippen LogP) is 12.6. The van der Waals surface area contributed by atoms with Crippen molar-refractivity contribution in [1.82, 2.24) is 0 Å². The summed E-state index contributed by atoms with van der Waals surface area (Å²) < 4.78 is 12.7. The first-order valence-electron chi connectivity index (χ1n) is 18.3. The predicted molar refractivity (Wildman–Crippen MR) is 217 cm³/mol. The van der Waals surface area contributed by atoms with Gasteiger partial charge in [-0.15, -0.1) is 0 Å². The summed E-state index contributed by atoms with van der Waals surface area (Å²) in [7, 11) is 0. The quantitative estimate of drug-likeness (QED) is 0.143. The Morgan fingerprint density at radius 2 is 1.00 bits per heavy atom. The molecule has 0 spiro atoms. The highest BCUT2D eigenvalue weighted by atomic mass is 16.5. The van der Waals surface area contributed by atoms with E-state index >= 15 is 0 Å². The Labute approximate surface area is 310 Å². The largest absolute Gasteiger partial charge is 0.507 e. The maximum atomic E-state index is 11.8. The number of rotatable bonds is 10. The summed E-state index contributed by atoms with van der Waals surface area (Å²) in [5.41, 5.74) is 15.3. The van der Waals surface area contributed by atoms with Crippen molar-refractivity contribution in [2.24, 2.45) is 5.41 Å². The molecule has 4 nitrogen and oxygen atoms in total. The lowest BCUT2D eigenvalue weighted by atomic mass is 9.70. The van der Waals surface area contributed by atoms with Gasteiger partial charge in [-0.3, -0.25) is 0 Å². The lowest BCUT2D eigenvalue weighted by Crippen LogP contribution is -2.19. The zero-order valence-electron chi connectivity index (χ0n) is 32.2. The molecule has 0 amide bonds. The molecule has 0 saturated heterocycles. The minimum absolute atomic E-state index is 0.0976. The van der Waals surface area contributed by atoms with Gasteiger partial charge in [0.2, 0.25) is 0 Å². The molecule has 0 atom stereocenters. The van der Waals surface area contributed by atoms with Gasteiger partial charge >= 0.3 is 0 Å². The van der Waals surface area contributed by atoms with Crippen LogP contribution in [0.4, 0.5) is 0 Å². The molecule has 1 aliphatic carbocycles. The molecule has 5 aromatic carbocycles. The van der Waals surface area contributed by atoms with Crippen molar-refractivity contribution in [3.63, 3.8) is 0 Å². The molecule has 0 heterocycles. The zero-order chi connectivity index (χ0) is 37.3. The molecule has 0 aromatic heterocycles. The van der Waals surface area contributed by atoms with Crippen molar-refractivity contribution in [1.29, 1.82) is 0 Å². The number of aromatic hydroxyl groups is 2. The van der Waals surface area contributed by atoms with Gasteiger partial charge in [-0.1, -0.05) is 79.6 Å². The van der Waals surface area contributed by atoms with Gasteiger partial charge in [-0.05, 0) is 136 Å². The second kappa shape index (κ2) is 14.8. The molecule has 5 aromatic rings. The van der Waals surface area contributed by atoms with Crippen LogP contribution in [0.3, 0.4) is 0 Å². The van der Waals surface area contributed by atoms with Crippen LogP contribution in [-0.2, 0) is 0 Å². The summed E-state index contributed by atoms with van der Waals surface area (Å²) in [6.07, 6.45) is 3.84. The van der Waals surface area contributed by atoms with Crippen LogP contribution in [-0.4, -0.2) is 23.4 Å². The van der Waals surface area contributed by atoms with E-state index in [4.69, 9.17) is 9.47 Å². The fourth-order valence-corrected chi connectivity index (χ4v) is 8.40. The monoisotopic (exact) mass is 692 g/mol. The molecular weight excluding hydrogens is 641 g/mol. The lowest BCUT2D eigenvalue weighted by molar-refractivity contribution is 0.248. The van der Waals surface area contributed by atoms with Crippen LogP contribution in [0.15, 0.2) is 102 Å². The van der Waals surface area contributed by atoms with Crippen LogP contribution in [0.25, 0.3) is 39.0 Å². The van der Waals surface area contributed by atoms with Crippen LogP contribution >= 0.6 is 0 Å². The summed E-state index contributed by atoms with van der Waals surface area (Å²) in [5.74, 6) is 1.97. The number of phenolic OH excluding ortho intramolecular Hbond substituents is 2. The fraction of sp³-hybridized carbons (Fsp3) is 0.292. The van der Waals surface area contributed by atoms with Gasteiger partial charge in [-0.2, -0.15) is 0 Å². The number of ether oxygens (including phenoxy) is 2. The molecular formula is C48H52O4. The van der Waals surface area contributed by atoms with Crippen LogP contribution in [0.2, 0.25) is 0 Å². The topological polar surface area (TPSA) is 58.9 Å². The van der Waals surface area contributed by atoms with E-state index in [-0.39, 0.29) is 16.9 Å². The van der Waals surface area contributed by atoms with Crippen molar-refractivity contribution in [2.45, 2.75) is 75.2 Å². The fourth-order valence-electron chi connectivity index (χ4n) is 8.40. The molecule has 0 bridgehead atoms. The first-order chi connectivity index (χ1) is 24.7. The van der Waals surface area contributed by atoms with E-state index in [1.807, 2.05) is 60.7 Å². The standard InChI is InChI=1S/C48H52O4/c1-29-21-33(5)44(34(6)22-29)40-26-30(2)24-38(46(40)49)36-15-10-12-17-42(36)51-19-14-20-52-43-18-13-11-16-37(43)39-25-31(3)27-41(47(39)50)45-35(7)23-32(4)28-48(45,8)9/h10-13,15-18,21-27,49-50H,14,19-20,28H2,1-9H3. The molecule has 0 radical (unpaired) electrons. The SMILES string of the molecule is CC1=CC(C)=C(c2cc(C)cc(-c3ccccc3OCCCOc3ccccc3-c3cc(C)cc(-c4c(C)cc(C)cc4C)c3O)c2O)C(C)(C)C1. The van der Waals surface area contributed by atoms with Crippen molar-refractivity contribution >= 4 is 5.57 Å². The Kier molecular flexibility index (Phi) is 10.4. The molecule has 2 N–H and O–H groups in total. The van der Waals surface area contributed by atoms with Crippen molar-refractivity contribution in [3.8, 4) is 56.4 Å². The number of hydrogen-bond donors (Lipinski definition) is 2. The molecule has 1 aliphatic rings. The third-order valence-corrected chi connectivity index (χ3v) is 10.1. The number of hydrogen-bond acceptors (Lipinski definition) is 4. The van der Waals surface area contributed by atoms with E-state index < -0.39 is 0 Å². The summed E-state index contributed by atoms with van der Waals surface area (Å²) in [6, 6.07) is 28.4. The molecule has 52 heavy (non-hydrogen) atoms. The Balaban J connectivity index is 1.20. The lowest BCUT2D eigenvalue weighted by Gasteiger charge is -2.35. The number of para-hydroxylation sites is 2. The molecule has 0 saturated carbocycles. The highest BCUT2D eigenvalue weighted by molar-refractivity contribution is 5.88. The van der Waals surface area contributed by atoms with Crippen LogP contribution in [0, 0.1) is 40.0 Å². The average Bonchev–Trinajstić information content (AvgIpc) is 3.06. The minimum Gasteiger partial charge on any atom is -0.507 e. The zero-order valence-corrected chi connectivity index (χ0v) is 32.2. The molecule has 6 rings (SSSR count). The van der Waals surface area contributed by atoms with Crippen molar-refractivity contribution in [3.05, 3.63) is 136 Å². The van der Waals surface area contributed by atoms with Crippen LogP contribution in [0.1, 0.15) is 73.9 Å². The Bertz CT molecular complexity index is 2190. The van der Waals surface area contributed by atoms with Gasteiger partial charge < -0.3 is 19.7 Å². The average molecular weight is 693 g/mol.